The average Bonchev–Trinajstić information content (AvgIpc) is 2.55. The highest BCUT2D eigenvalue weighted by Gasteiger charge is 2.17. The van der Waals surface area contributed by atoms with Gasteiger partial charge >= 0.3 is 0 Å². The summed E-state index contributed by atoms with van der Waals surface area (Å²) in [6, 6.07) is 12.0. The monoisotopic (exact) mass is 329 g/mol. The molecule has 0 aliphatic heterocycles. The van der Waals surface area contributed by atoms with Gasteiger partial charge in [0.2, 0.25) is 5.91 Å². The summed E-state index contributed by atoms with van der Waals surface area (Å²) in [4.78, 5) is 31.7. The Morgan fingerprint density at radius 3 is 1.58 bits per heavy atom. The predicted octanol–water partition coefficient (Wildman–Crippen LogP) is 2.77. The van der Waals surface area contributed by atoms with Crippen molar-refractivity contribution >= 4 is 17.3 Å². The van der Waals surface area contributed by atoms with E-state index in [1.165, 1.54) is 31.2 Å². The molecular weight excluding hydrogens is 314 g/mol. The smallest absolute Gasteiger partial charge is 0.269 e. The summed E-state index contributed by atoms with van der Waals surface area (Å²) < 4.78 is 0. The molecule has 24 heavy (non-hydrogen) atoms. The summed E-state index contributed by atoms with van der Waals surface area (Å²) in [5.41, 5.74) is 1.48. The number of benzene rings is 2. The first-order valence-electron chi connectivity index (χ1n) is 7.11. The van der Waals surface area contributed by atoms with Gasteiger partial charge in [-0.25, -0.2) is 0 Å². The lowest BCUT2D eigenvalue weighted by molar-refractivity contribution is -0.385. The van der Waals surface area contributed by atoms with Gasteiger partial charge < -0.3 is 5.32 Å². The van der Waals surface area contributed by atoms with Crippen LogP contribution in [0.2, 0.25) is 0 Å². The second-order valence-corrected chi connectivity index (χ2v) is 5.19. The number of hydrogen-bond acceptors (Lipinski definition) is 5. The molecule has 0 saturated carbocycles. The molecule has 0 aliphatic rings. The van der Waals surface area contributed by atoms with E-state index in [9.17, 15) is 25.0 Å². The highest BCUT2D eigenvalue weighted by molar-refractivity contribution is 5.73. The molecule has 8 heteroatoms. The fourth-order valence-corrected chi connectivity index (χ4v) is 2.33. The highest BCUT2D eigenvalue weighted by Crippen LogP contribution is 2.27. The number of carbonyl (C=O) groups is 1. The minimum atomic E-state index is -0.488. The minimum Gasteiger partial charge on any atom is -0.355 e. The molecule has 2 rings (SSSR count). The van der Waals surface area contributed by atoms with Crippen LogP contribution in [-0.2, 0) is 4.79 Å². The van der Waals surface area contributed by atoms with E-state index in [1.807, 2.05) is 0 Å². The Labute approximate surface area is 137 Å². The van der Waals surface area contributed by atoms with Gasteiger partial charge in [-0.3, -0.25) is 25.0 Å². The van der Waals surface area contributed by atoms with Crippen molar-refractivity contribution in [3.8, 4) is 0 Å². The van der Waals surface area contributed by atoms with Crippen LogP contribution < -0.4 is 5.32 Å². The Kier molecular flexibility index (Phi) is 5.20. The van der Waals surface area contributed by atoms with E-state index in [4.69, 9.17) is 0 Å². The molecular formula is C16H15N3O5. The molecule has 0 aliphatic carbocycles. The number of non-ortho nitro benzene ring substituents is 2. The fraction of sp³-hybridized carbons (Fsp3) is 0.188. The molecule has 2 aromatic rings. The van der Waals surface area contributed by atoms with Crippen molar-refractivity contribution in [2.45, 2.75) is 12.8 Å². The van der Waals surface area contributed by atoms with Gasteiger partial charge in [-0.05, 0) is 11.1 Å². The number of nitrogens with one attached hydrogen (secondary N) is 1. The predicted molar refractivity (Wildman–Crippen MR) is 86.7 cm³/mol. The Bertz CT molecular complexity index is 699. The average molecular weight is 329 g/mol. The quantitative estimate of drug-likeness (QED) is 0.646. The van der Waals surface area contributed by atoms with Crippen LogP contribution >= 0.6 is 0 Å². The molecule has 0 fully saturated rings. The fourth-order valence-electron chi connectivity index (χ4n) is 2.33. The first-order chi connectivity index (χ1) is 11.4. The molecule has 0 unspecified atom stereocenters. The topological polar surface area (TPSA) is 115 Å². The Morgan fingerprint density at radius 1 is 0.917 bits per heavy atom. The van der Waals surface area contributed by atoms with Crippen molar-refractivity contribution < 1.29 is 14.6 Å². The number of rotatable bonds is 6. The first-order valence-corrected chi connectivity index (χ1v) is 7.11. The Morgan fingerprint density at radius 2 is 1.29 bits per heavy atom. The second kappa shape index (κ2) is 7.32. The summed E-state index contributed by atoms with van der Waals surface area (Å²) >= 11 is 0. The number of nitro benzene ring substituents is 2. The van der Waals surface area contributed by atoms with Crippen molar-refractivity contribution in [3.05, 3.63) is 79.9 Å². The van der Waals surface area contributed by atoms with Crippen LogP contribution in [0.4, 0.5) is 11.4 Å². The third kappa shape index (κ3) is 4.13. The zero-order valence-corrected chi connectivity index (χ0v) is 12.8. The van der Waals surface area contributed by atoms with Gasteiger partial charge in [0.25, 0.3) is 11.4 Å². The number of carbonyl (C=O) groups excluding carboxylic acids is 1. The van der Waals surface area contributed by atoms with Crippen LogP contribution in [0.5, 0.6) is 0 Å². The van der Waals surface area contributed by atoms with Crippen LogP contribution in [0, 0.1) is 20.2 Å². The maximum atomic E-state index is 11.2. The van der Waals surface area contributed by atoms with Crippen LogP contribution in [0.25, 0.3) is 0 Å². The van der Waals surface area contributed by atoms with Gasteiger partial charge in [-0.15, -0.1) is 0 Å². The Balaban J connectivity index is 2.34. The Hall–Kier alpha value is -3.29. The van der Waals surface area contributed by atoms with Gasteiger partial charge in [-0.2, -0.15) is 0 Å². The van der Waals surface area contributed by atoms with Crippen molar-refractivity contribution in [3.63, 3.8) is 0 Å². The lowest BCUT2D eigenvalue weighted by Gasteiger charge is -2.18. The van der Waals surface area contributed by atoms with Crippen LogP contribution in [0.15, 0.2) is 48.5 Å². The summed E-state index contributed by atoms with van der Waals surface area (Å²) in [6.45, 7) is 1.67. The van der Waals surface area contributed by atoms with Crippen LogP contribution in [-0.4, -0.2) is 22.3 Å². The molecule has 0 bridgehead atoms. The molecule has 1 N–H and O–H groups in total. The molecule has 0 radical (unpaired) electrons. The number of amides is 1. The zero-order valence-electron chi connectivity index (χ0n) is 12.8. The second-order valence-electron chi connectivity index (χ2n) is 5.19. The van der Waals surface area contributed by atoms with E-state index in [0.717, 1.165) is 11.1 Å². The van der Waals surface area contributed by atoms with E-state index in [2.05, 4.69) is 5.32 Å². The largest absolute Gasteiger partial charge is 0.355 e. The van der Waals surface area contributed by atoms with Gasteiger partial charge in [-0.1, -0.05) is 24.3 Å². The van der Waals surface area contributed by atoms with Gasteiger partial charge in [0.1, 0.15) is 0 Å². The van der Waals surface area contributed by atoms with Crippen LogP contribution in [0.1, 0.15) is 24.0 Å². The summed E-state index contributed by atoms with van der Waals surface area (Å²) in [5, 5.41) is 24.2. The molecule has 0 saturated heterocycles. The maximum Gasteiger partial charge on any atom is 0.269 e. The maximum absolute atomic E-state index is 11.2. The van der Waals surface area contributed by atoms with Gasteiger partial charge in [0.05, 0.1) is 9.85 Å². The normalized spacial score (nSPS) is 10.4. The summed E-state index contributed by atoms with van der Waals surface area (Å²) in [5.74, 6) is -0.473. The van der Waals surface area contributed by atoms with Gasteiger partial charge in [0, 0.05) is 43.7 Å². The zero-order chi connectivity index (χ0) is 17.7. The van der Waals surface area contributed by atoms with Crippen LogP contribution in [0.3, 0.4) is 0 Å². The summed E-state index contributed by atoms with van der Waals surface area (Å²) in [7, 11) is 0. The van der Waals surface area contributed by atoms with E-state index >= 15 is 0 Å². The molecule has 2 aromatic carbocycles. The van der Waals surface area contributed by atoms with E-state index in [0.29, 0.717) is 0 Å². The van der Waals surface area contributed by atoms with E-state index < -0.39 is 9.85 Å². The number of hydrogen-bond donors (Lipinski definition) is 1. The first kappa shape index (κ1) is 17.1. The molecule has 124 valence electrons. The standard InChI is InChI=1S/C16H15N3O5/c1-11(20)17-10-16(12-2-6-14(7-3-12)18(21)22)13-4-8-15(9-5-13)19(23)24/h2-9,16H,10H2,1H3,(H,17,20). The molecule has 0 aromatic heterocycles. The molecule has 0 heterocycles. The van der Waals surface area contributed by atoms with Gasteiger partial charge in [0.15, 0.2) is 0 Å². The van der Waals surface area contributed by atoms with E-state index in [-0.39, 0.29) is 29.7 Å². The number of nitro groups is 2. The molecule has 0 spiro atoms. The number of nitrogens with zero attached hydrogens (tertiary/aromatic N) is 2. The van der Waals surface area contributed by atoms with E-state index in [1.54, 1.807) is 24.3 Å². The highest BCUT2D eigenvalue weighted by atomic mass is 16.6. The molecule has 8 nitrogen and oxygen atoms in total. The van der Waals surface area contributed by atoms with Crippen molar-refractivity contribution in [1.82, 2.24) is 5.32 Å². The SMILES string of the molecule is CC(=O)NCC(c1ccc([N+](=O)[O-])cc1)c1ccc([N+](=O)[O-])cc1. The summed E-state index contributed by atoms with van der Waals surface area (Å²) in [6.07, 6.45) is 0. The molecule has 1 amide bonds. The van der Waals surface area contributed by atoms with Crippen molar-refractivity contribution in [2.24, 2.45) is 0 Å². The lowest BCUT2D eigenvalue weighted by Crippen LogP contribution is -2.26. The molecule has 0 atom stereocenters. The third-order valence-electron chi connectivity index (χ3n) is 3.57. The lowest BCUT2D eigenvalue weighted by atomic mass is 9.91. The van der Waals surface area contributed by atoms with Crippen molar-refractivity contribution in [2.75, 3.05) is 6.54 Å². The third-order valence-corrected chi connectivity index (χ3v) is 3.57. The van der Waals surface area contributed by atoms with Crippen molar-refractivity contribution in [1.29, 1.82) is 0 Å². The minimum absolute atomic E-state index is 0.0271.